The summed E-state index contributed by atoms with van der Waals surface area (Å²) in [5.74, 6) is -0.0588. The summed E-state index contributed by atoms with van der Waals surface area (Å²) in [6.07, 6.45) is 2.52. The van der Waals surface area contributed by atoms with E-state index >= 15 is 0 Å². The molecule has 2 aliphatic heterocycles. The fourth-order valence-corrected chi connectivity index (χ4v) is 7.18. The first kappa shape index (κ1) is 22.5. The molecule has 10 heteroatoms. The van der Waals surface area contributed by atoms with E-state index in [0.717, 1.165) is 24.2 Å². The number of ether oxygens (including phenoxy) is 2. The van der Waals surface area contributed by atoms with Crippen molar-refractivity contribution in [1.82, 2.24) is 4.90 Å². The lowest BCUT2D eigenvalue weighted by molar-refractivity contribution is -0.167. The average Bonchev–Trinajstić information content (AvgIpc) is 3.18. The molecule has 2 rings (SSSR count). The Morgan fingerprint density at radius 2 is 2.00 bits per heavy atom. The van der Waals surface area contributed by atoms with Gasteiger partial charge in [-0.3, -0.25) is 9.69 Å². The SMILES string of the molecule is CC(OC(=O)CCCCC1CCSS1)OC(=O)N1CSC(C)(C)C1C(=O)O. The Morgan fingerprint density at radius 3 is 2.63 bits per heavy atom. The highest BCUT2D eigenvalue weighted by molar-refractivity contribution is 8.77. The van der Waals surface area contributed by atoms with Crippen LogP contribution in [0, 0.1) is 0 Å². The van der Waals surface area contributed by atoms with Crippen molar-refractivity contribution >= 4 is 51.4 Å². The van der Waals surface area contributed by atoms with E-state index in [4.69, 9.17) is 9.47 Å². The van der Waals surface area contributed by atoms with Crippen molar-refractivity contribution in [3.63, 3.8) is 0 Å². The molecule has 0 radical (unpaired) electrons. The zero-order chi connectivity index (χ0) is 20.0. The number of hydrogen-bond acceptors (Lipinski definition) is 8. The van der Waals surface area contributed by atoms with Crippen LogP contribution in [0.5, 0.6) is 0 Å². The Labute approximate surface area is 172 Å². The third-order valence-corrected chi connectivity index (χ3v) is 8.84. The van der Waals surface area contributed by atoms with Crippen LogP contribution in [0.3, 0.4) is 0 Å². The third-order valence-electron chi connectivity index (χ3n) is 4.46. The number of hydrogen-bond donors (Lipinski definition) is 1. The van der Waals surface area contributed by atoms with Crippen LogP contribution in [-0.2, 0) is 19.1 Å². The Hall–Kier alpha value is -0.740. The van der Waals surface area contributed by atoms with Gasteiger partial charge in [0, 0.05) is 29.1 Å². The lowest BCUT2D eigenvalue weighted by Crippen LogP contribution is -2.49. The van der Waals surface area contributed by atoms with Crippen LogP contribution >= 0.6 is 33.3 Å². The Bertz CT molecular complexity index is 553. The molecule has 2 heterocycles. The Balaban J connectivity index is 1.69. The number of amides is 1. The molecule has 2 fully saturated rings. The fourth-order valence-electron chi connectivity index (χ4n) is 3.04. The first-order valence-corrected chi connectivity index (χ1v) is 12.4. The monoisotopic (exact) mass is 437 g/mol. The van der Waals surface area contributed by atoms with E-state index in [9.17, 15) is 19.5 Å². The number of carbonyl (C=O) groups is 3. The number of esters is 1. The summed E-state index contributed by atoms with van der Waals surface area (Å²) in [4.78, 5) is 36.8. The zero-order valence-electron chi connectivity index (χ0n) is 15.8. The van der Waals surface area contributed by atoms with Gasteiger partial charge in [-0.2, -0.15) is 0 Å². The van der Waals surface area contributed by atoms with Gasteiger partial charge in [0.15, 0.2) is 0 Å². The molecular weight excluding hydrogens is 410 g/mol. The molecule has 3 atom stereocenters. The van der Waals surface area contributed by atoms with Gasteiger partial charge in [0.05, 0.1) is 5.88 Å². The second kappa shape index (κ2) is 10.2. The Kier molecular flexibility index (Phi) is 8.48. The van der Waals surface area contributed by atoms with Crippen LogP contribution < -0.4 is 0 Å². The molecule has 154 valence electrons. The van der Waals surface area contributed by atoms with E-state index < -0.39 is 35.1 Å². The van der Waals surface area contributed by atoms with Gasteiger partial charge in [-0.1, -0.05) is 28.0 Å². The van der Waals surface area contributed by atoms with E-state index in [1.54, 1.807) is 13.8 Å². The number of carboxylic acids is 1. The van der Waals surface area contributed by atoms with E-state index in [2.05, 4.69) is 0 Å². The quantitative estimate of drug-likeness (QED) is 0.262. The van der Waals surface area contributed by atoms with Gasteiger partial charge in [-0.25, -0.2) is 9.59 Å². The lowest BCUT2D eigenvalue weighted by atomic mass is 10.0. The standard InChI is InChI=1S/C17H27NO6S3/c1-11(23-13(19)7-5-4-6-12-8-9-26-27-12)24-16(22)18-10-25-17(2,3)14(18)15(20)21/h11-12,14H,4-10H2,1-3H3,(H,20,21). The van der Waals surface area contributed by atoms with E-state index in [-0.39, 0.29) is 12.3 Å². The molecule has 3 unspecified atom stereocenters. The lowest BCUT2D eigenvalue weighted by Gasteiger charge is -2.27. The number of rotatable bonds is 8. The molecule has 0 aliphatic carbocycles. The van der Waals surface area contributed by atoms with Crippen molar-refractivity contribution in [2.45, 2.75) is 75.2 Å². The fraction of sp³-hybridized carbons (Fsp3) is 0.824. The summed E-state index contributed by atoms with van der Waals surface area (Å²) in [7, 11) is 3.83. The predicted molar refractivity (Wildman–Crippen MR) is 109 cm³/mol. The highest BCUT2D eigenvalue weighted by Gasteiger charge is 2.49. The second-order valence-corrected chi connectivity index (χ2v) is 11.5. The van der Waals surface area contributed by atoms with Crippen molar-refractivity contribution in [3.05, 3.63) is 0 Å². The molecule has 1 N–H and O–H groups in total. The van der Waals surface area contributed by atoms with Gasteiger partial charge >= 0.3 is 18.0 Å². The highest BCUT2D eigenvalue weighted by Crippen LogP contribution is 2.40. The van der Waals surface area contributed by atoms with Crippen molar-refractivity contribution in [2.24, 2.45) is 0 Å². The van der Waals surface area contributed by atoms with Crippen LogP contribution in [0.25, 0.3) is 0 Å². The molecular formula is C17H27NO6S3. The van der Waals surface area contributed by atoms with Crippen molar-refractivity contribution in [2.75, 3.05) is 11.6 Å². The summed E-state index contributed by atoms with van der Waals surface area (Å²) in [5.41, 5.74) is 0. The van der Waals surface area contributed by atoms with Gasteiger partial charge in [0.1, 0.15) is 6.04 Å². The van der Waals surface area contributed by atoms with E-state index in [1.165, 1.54) is 30.9 Å². The molecule has 0 spiro atoms. The molecule has 2 saturated heterocycles. The number of thioether (sulfide) groups is 1. The molecule has 2 aliphatic rings. The molecule has 0 saturated carbocycles. The van der Waals surface area contributed by atoms with Crippen molar-refractivity contribution in [3.8, 4) is 0 Å². The normalized spacial score (nSPS) is 25.2. The number of aliphatic carboxylic acids is 1. The van der Waals surface area contributed by atoms with Gasteiger partial charge < -0.3 is 14.6 Å². The summed E-state index contributed by atoms with van der Waals surface area (Å²) in [6.45, 7) is 5.01. The maximum Gasteiger partial charge on any atom is 0.414 e. The molecule has 0 bridgehead atoms. The smallest absolute Gasteiger partial charge is 0.414 e. The first-order chi connectivity index (χ1) is 12.7. The number of unbranched alkanes of at least 4 members (excludes halogenated alkanes) is 1. The number of carbonyl (C=O) groups excluding carboxylic acids is 2. The van der Waals surface area contributed by atoms with Crippen molar-refractivity contribution < 1.29 is 29.0 Å². The molecule has 0 aromatic carbocycles. The Morgan fingerprint density at radius 1 is 1.26 bits per heavy atom. The maximum atomic E-state index is 12.3. The van der Waals surface area contributed by atoms with Crippen LogP contribution in [-0.4, -0.2) is 62.0 Å². The third kappa shape index (κ3) is 6.67. The van der Waals surface area contributed by atoms with Gasteiger partial charge in [-0.05, 0) is 33.1 Å². The first-order valence-electron chi connectivity index (χ1n) is 9.02. The minimum Gasteiger partial charge on any atom is -0.480 e. The van der Waals surface area contributed by atoms with Gasteiger partial charge in [-0.15, -0.1) is 11.8 Å². The summed E-state index contributed by atoms with van der Waals surface area (Å²) in [6, 6.07) is -0.982. The molecule has 0 aromatic rings. The summed E-state index contributed by atoms with van der Waals surface area (Å²) < 4.78 is 9.65. The topological polar surface area (TPSA) is 93.1 Å². The van der Waals surface area contributed by atoms with Crippen molar-refractivity contribution in [1.29, 1.82) is 0 Å². The molecule has 7 nitrogen and oxygen atoms in total. The summed E-state index contributed by atoms with van der Waals surface area (Å²) >= 11 is 1.37. The average molecular weight is 438 g/mol. The van der Waals surface area contributed by atoms with E-state index in [0.29, 0.717) is 5.25 Å². The number of nitrogens with zero attached hydrogens (tertiary/aromatic N) is 1. The minimum atomic E-state index is -1.08. The highest BCUT2D eigenvalue weighted by atomic mass is 33.1. The van der Waals surface area contributed by atoms with Crippen LogP contribution in [0.1, 0.15) is 52.9 Å². The molecule has 0 aromatic heterocycles. The van der Waals surface area contributed by atoms with Gasteiger partial charge in [0.25, 0.3) is 0 Å². The van der Waals surface area contributed by atoms with Crippen LogP contribution in [0.4, 0.5) is 4.79 Å². The molecule has 27 heavy (non-hydrogen) atoms. The van der Waals surface area contributed by atoms with E-state index in [1.807, 2.05) is 21.6 Å². The second-order valence-electron chi connectivity index (χ2n) is 7.10. The maximum absolute atomic E-state index is 12.3. The van der Waals surface area contributed by atoms with Crippen LogP contribution in [0.15, 0.2) is 0 Å². The predicted octanol–water partition coefficient (Wildman–Crippen LogP) is 3.96. The molecule has 1 amide bonds. The zero-order valence-corrected chi connectivity index (χ0v) is 18.3. The van der Waals surface area contributed by atoms with Gasteiger partial charge in [0.2, 0.25) is 6.29 Å². The number of carboxylic acid groups (broad SMARTS) is 1. The largest absolute Gasteiger partial charge is 0.480 e. The van der Waals surface area contributed by atoms with Crippen LogP contribution in [0.2, 0.25) is 0 Å². The summed E-state index contributed by atoms with van der Waals surface area (Å²) in [5, 5.41) is 10.1. The minimum absolute atomic E-state index is 0.223.